The summed E-state index contributed by atoms with van der Waals surface area (Å²) in [6.45, 7) is 1.72. The van der Waals surface area contributed by atoms with Crippen LogP contribution in [0.5, 0.6) is 0 Å². The first-order chi connectivity index (χ1) is 6.27. The van der Waals surface area contributed by atoms with Gasteiger partial charge in [-0.05, 0) is 6.07 Å². The average Bonchev–Trinajstić information content (AvgIpc) is 2.53. The number of rotatable bonds is 1. The summed E-state index contributed by atoms with van der Waals surface area (Å²) in [4.78, 5) is 4.02. The molecule has 0 aliphatic carbocycles. The van der Waals surface area contributed by atoms with Gasteiger partial charge in [0, 0.05) is 18.6 Å². The molecule has 2 nitrogen and oxygen atoms in total. The van der Waals surface area contributed by atoms with Crippen molar-refractivity contribution in [3.63, 3.8) is 0 Å². The van der Waals surface area contributed by atoms with Gasteiger partial charge >= 0.3 is 0 Å². The van der Waals surface area contributed by atoms with Crippen LogP contribution in [0.1, 0.15) is 5.89 Å². The third-order valence-corrected chi connectivity index (χ3v) is 1.70. The van der Waals surface area contributed by atoms with E-state index in [2.05, 4.69) is 11.1 Å². The molecule has 0 saturated carbocycles. The minimum absolute atomic E-state index is 0.407. The lowest BCUT2D eigenvalue weighted by Crippen LogP contribution is -1.83. The summed E-state index contributed by atoms with van der Waals surface area (Å²) < 4.78 is 18.1. The SMILES string of the molecule is Cc1nc(-c2ccc[c]c2F)co1. The highest BCUT2D eigenvalue weighted by Gasteiger charge is 2.07. The van der Waals surface area contributed by atoms with Crippen molar-refractivity contribution in [1.29, 1.82) is 0 Å². The molecule has 2 aromatic rings. The standard InChI is InChI=1S/C10H7FNO/c1-7-12-10(6-13-7)8-4-2-3-5-9(8)11/h2-4,6H,1H3. The van der Waals surface area contributed by atoms with E-state index >= 15 is 0 Å². The fraction of sp³-hybridized carbons (Fsp3) is 0.100. The maximum Gasteiger partial charge on any atom is 0.191 e. The summed E-state index contributed by atoms with van der Waals surface area (Å²) in [5.74, 6) is 0.119. The molecule has 0 saturated heterocycles. The Hall–Kier alpha value is -1.64. The van der Waals surface area contributed by atoms with E-state index in [1.807, 2.05) is 0 Å². The lowest BCUT2D eigenvalue weighted by atomic mass is 10.1. The van der Waals surface area contributed by atoms with Gasteiger partial charge in [-0.25, -0.2) is 9.37 Å². The van der Waals surface area contributed by atoms with Crippen LogP contribution in [0.2, 0.25) is 0 Å². The van der Waals surface area contributed by atoms with Crippen LogP contribution in [-0.4, -0.2) is 4.98 Å². The molecule has 1 aromatic carbocycles. The largest absolute Gasteiger partial charge is 0.449 e. The van der Waals surface area contributed by atoms with Gasteiger partial charge in [0.05, 0.1) is 0 Å². The van der Waals surface area contributed by atoms with Gasteiger partial charge in [0.1, 0.15) is 17.8 Å². The van der Waals surface area contributed by atoms with Gasteiger partial charge < -0.3 is 4.42 Å². The number of oxazole rings is 1. The molecule has 2 rings (SSSR count). The molecular formula is C10H7FNO. The third kappa shape index (κ3) is 1.45. The minimum atomic E-state index is -0.407. The van der Waals surface area contributed by atoms with Crippen LogP contribution in [0, 0.1) is 18.8 Å². The molecule has 3 heteroatoms. The summed E-state index contributed by atoms with van der Waals surface area (Å²) in [5, 5.41) is 0. The zero-order valence-electron chi connectivity index (χ0n) is 7.04. The van der Waals surface area contributed by atoms with Gasteiger partial charge in [-0.3, -0.25) is 0 Å². The fourth-order valence-corrected chi connectivity index (χ4v) is 1.10. The van der Waals surface area contributed by atoms with Gasteiger partial charge in [0.15, 0.2) is 5.89 Å². The lowest BCUT2D eigenvalue weighted by molar-refractivity contribution is 0.521. The summed E-state index contributed by atoms with van der Waals surface area (Å²) in [5.41, 5.74) is 0.922. The Morgan fingerprint density at radius 2 is 2.38 bits per heavy atom. The third-order valence-electron chi connectivity index (χ3n) is 1.70. The number of hydrogen-bond acceptors (Lipinski definition) is 2. The predicted molar refractivity (Wildman–Crippen MR) is 45.5 cm³/mol. The molecule has 0 spiro atoms. The minimum Gasteiger partial charge on any atom is -0.449 e. The highest BCUT2D eigenvalue weighted by atomic mass is 19.1. The molecule has 1 heterocycles. The van der Waals surface area contributed by atoms with Crippen LogP contribution in [0.15, 0.2) is 28.9 Å². The molecule has 0 bridgehead atoms. The van der Waals surface area contributed by atoms with Crippen LogP contribution >= 0.6 is 0 Å². The quantitative estimate of drug-likeness (QED) is 0.667. The molecule has 65 valence electrons. The zero-order valence-corrected chi connectivity index (χ0v) is 7.04. The average molecular weight is 176 g/mol. The van der Waals surface area contributed by atoms with E-state index in [1.54, 1.807) is 19.1 Å². The Labute approximate surface area is 75.0 Å². The van der Waals surface area contributed by atoms with E-state index in [1.165, 1.54) is 12.3 Å². The Morgan fingerprint density at radius 1 is 1.54 bits per heavy atom. The highest BCUT2D eigenvalue weighted by molar-refractivity contribution is 5.58. The molecule has 0 aliphatic rings. The highest BCUT2D eigenvalue weighted by Crippen LogP contribution is 2.20. The molecule has 0 unspecified atom stereocenters. The smallest absolute Gasteiger partial charge is 0.191 e. The second-order valence-electron chi connectivity index (χ2n) is 2.65. The van der Waals surface area contributed by atoms with E-state index in [0.29, 0.717) is 17.1 Å². The summed E-state index contributed by atoms with van der Waals surface area (Å²) >= 11 is 0. The van der Waals surface area contributed by atoms with Gasteiger partial charge in [-0.2, -0.15) is 0 Å². The molecule has 13 heavy (non-hydrogen) atoms. The zero-order chi connectivity index (χ0) is 9.26. The summed E-state index contributed by atoms with van der Waals surface area (Å²) in [6.07, 6.45) is 1.43. The Bertz CT molecular complexity index is 422. The number of aromatic nitrogens is 1. The van der Waals surface area contributed by atoms with Gasteiger partial charge in [-0.1, -0.05) is 12.1 Å². The van der Waals surface area contributed by atoms with Gasteiger partial charge in [0.25, 0.3) is 0 Å². The number of aryl methyl sites for hydroxylation is 1. The summed E-state index contributed by atoms with van der Waals surface area (Å²) in [6, 6.07) is 7.33. The number of hydrogen-bond donors (Lipinski definition) is 0. The topological polar surface area (TPSA) is 26.0 Å². The van der Waals surface area contributed by atoms with Crippen molar-refractivity contribution in [1.82, 2.24) is 4.98 Å². The molecule has 0 aliphatic heterocycles. The second-order valence-corrected chi connectivity index (χ2v) is 2.65. The van der Waals surface area contributed by atoms with Crippen molar-refractivity contribution in [2.75, 3.05) is 0 Å². The molecule has 0 atom stereocenters. The number of halogens is 1. The monoisotopic (exact) mass is 176 g/mol. The first kappa shape index (κ1) is 7.98. The maximum absolute atomic E-state index is 13.1. The van der Waals surface area contributed by atoms with Gasteiger partial charge in [-0.15, -0.1) is 0 Å². The van der Waals surface area contributed by atoms with Crippen molar-refractivity contribution in [2.24, 2.45) is 0 Å². The normalized spacial score (nSPS) is 10.3. The predicted octanol–water partition coefficient (Wildman–Crippen LogP) is 2.59. The van der Waals surface area contributed by atoms with Crippen molar-refractivity contribution in [3.8, 4) is 11.3 Å². The van der Waals surface area contributed by atoms with Crippen LogP contribution in [0.3, 0.4) is 0 Å². The van der Waals surface area contributed by atoms with E-state index in [-0.39, 0.29) is 0 Å². The van der Waals surface area contributed by atoms with Crippen LogP contribution in [0.4, 0.5) is 4.39 Å². The van der Waals surface area contributed by atoms with E-state index in [4.69, 9.17) is 4.42 Å². The number of benzene rings is 1. The van der Waals surface area contributed by atoms with Crippen molar-refractivity contribution in [3.05, 3.63) is 42.2 Å². The van der Waals surface area contributed by atoms with Gasteiger partial charge in [0.2, 0.25) is 0 Å². The second kappa shape index (κ2) is 3.01. The van der Waals surface area contributed by atoms with Crippen molar-refractivity contribution in [2.45, 2.75) is 6.92 Å². The van der Waals surface area contributed by atoms with Crippen LogP contribution in [-0.2, 0) is 0 Å². The Kier molecular flexibility index (Phi) is 1.85. The van der Waals surface area contributed by atoms with Crippen molar-refractivity contribution < 1.29 is 8.81 Å². The molecule has 1 radical (unpaired) electrons. The van der Waals surface area contributed by atoms with E-state index in [0.717, 1.165) is 0 Å². The molecule has 0 N–H and O–H groups in total. The molecule has 0 fully saturated rings. The molecular weight excluding hydrogens is 169 g/mol. The lowest BCUT2D eigenvalue weighted by Gasteiger charge is -1.95. The molecule has 0 amide bonds. The maximum atomic E-state index is 13.1. The molecule has 1 aromatic heterocycles. The van der Waals surface area contributed by atoms with Crippen molar-refractivity contribution >= 4 is 0 Å². The van der Waals surface area contributed by atoms with E-state index < -0.39 is 5.82 Å². The Morgan fingerprint density at radius 3 is 3.00 bits per heavy atom. The summed E-state index contributed by atoms with van der Waals surface area (Å²) in [7, 11) is 0. The van der Waals surface area contributed by atoms with Crippen LogP contribution in [0.25, 0.3) is 11.3 Å². The number of nitrogens with zero attached hydrogens (tertiary/aromatic N) is 1. The first-order valence-electron chi connectivity index (χ1n) is 3.86. The van der Waals surface area contributed by atoms with Crippen LogP contribution < -0.4 is 0 Å². The first-order valence-corrected chi connectivity index (χ1v) is 3.86. The Balaban J connectivity index is 2.52. The van der Waals surface area contributed by atoms with E-state index in [9.17, 15) is 4.39 Å². The fourth-order valence-electron chi connectivity index (χ4n) is 1.10.